The van der Waals surface area contributed by atoms with Gasteiger partial charge in [0.05, 0.1) is 0 Å². The molecule has 0 aliphatic heterocycles. The number of ether oxygens (including phenoxy) is 4. The summed E-state index contributed by atoms with van der Waals surface area (Å²) in [6, 6.07) is 11.5. The van der Waals surface area contributed by atoms with E-state index in [0.29, 0.717) is 11.5 Å². The van der Waals surface area contributed by atoms with Crippen molar-refractivity contribution in [2.24, 2.45) is 0 Å². The van der Waals surface area contributed by atoms with Crippen LogP contribution in [0.3, 0.4) is 0 Å². The fourth-order valence-corrected chi connectivity index (χ4v) is 3.89. The van der Waals surface area contributed by atoms with Crippen molar-refractivity contribution in [1.29, 1.82) is 0 Å². The van der Waals surface area contributed by atoms with Crippen molar-refractivity contribution >= 4 is 22.7 Å². The number of unbranched alkanes of at least 4 members (excludes halogenated alkanes) is 4. The summed E-state index contributed by atoms with van der Waals surface area (Å²) >= 11 is 0. The first kappa shape index (κ1) is 29.0. The van der Waals surface area contributed by atoms with Gasteiger partial charge in [-0.15, -0.1) is 0 Å². The van der Waals surface area contributed by atoms with E-state index < -0.39 is 11.9 Å². The third-order valence-corrected chi connectivity index (χ3v) is 5.85. The van der Waals surface area contributed by atoms with Crippen LogP contribution < -0.4 is 9.47 Å². The van der Waals surface area contributed by atoms with Gasteiger partial charge in [-0.3, -0.25) is 0 Å². The summed E-state index contributed by atoms with van der Waals surface area (Å²) in [7, 11) is 0. The molecule has 6 nitrogen and oxygen atoms in total. The second kappa shape index (κ2) is 16.4. The lowest BCUT2D eigenvalue weighted by Crippen LogP contribution is -2.24. The minimum Gasteiger partial charge on any atom is -0.489 e. The van der Waals surface area contributed by atoms with Gasteiger partial charge in [-0.1, -0.05) is 77.0 Å². The minimum absolute atomic E-state index is 0.254. The monoisotopic (exact) mass is 496 g/mol. The molecule has 0 bridgehead atoms. The summed E-state index contributed by atoms with van der Waals surface area (Å²) in [5.74, 6) is 0.482. The molecule has 2 unspecified atom stereocenters. The molecule has 0 saturated heterocycles. The maximum Gasteiger partial charge on any atom is 0.330 e. The van der Waals surface area contributed by atoms with E-state index in [-0.39, 0.29) is 25.4 Å². The summed E-state index contributed by atoms with van der Waals surface area (Å²) in [6.45, 7) is 11.8. The molecule has 0 fully saturated rings. The maximum atomic E-state index is 11.8. The lowest BCUT2D eigenvalue weighted by molar-refractivity contribution is -0.145. The second-order valence-corrected chi connectivity index (χ2v) is 8.75. The van der Waals surface area contributed by atoms with Gasteiger partial charge in [0.15, 0.2) is 0 Å². The predicted molar refractivity (Wildman–Crippen MR) is 143 cm³/mol. The average Bonchev–Trinajstić information content (AvgIpc) is 2.90. The van der Waals surface area contributed by atoms with E-state index in [2.05, 4.69) is 27.0 Å². The van der Waals surface area contributed by atoms with Crippen LogP contribution in [0.4, 0.5) is 0 Å². The Morgan fingerprint density at radius 3 is 1.50 bits per heavy atom. The Bertz CT molecular complexity index is 903. The van der Waals surface area contributed by atoms with Gasteiger partial charge >= 0.3 is 11.9 Å². The predicted octanol–water partition coefficient (Wildman–Crippen LogP) is 6.95. The van der Waals surface area contributed by atoms with Gasteiger partial charge in [0.2, 0.25) is 0 Å². The first-order valence-electron chi connectivity index (χ1n) is 13.0. The SMILES string of the molecule is C=CC(=O)OC(CCCCC)COc1cccc2c(OCC(CCCCC)OC(=O)C=C)cccc12. The van der Waals surface area contributed by atoms with Crippen molar-refractivity contribution in [2.75, 3.05) is 13.2 Å². The van der Waals surface area contributed by atoms with E-state index in [1.54, 1.807) is 0 Å². The molecule has 0 radical (unpaired) electrons. The smallest absolute Gasteiger partial charge is 0.330 e. The highest BCUT2D eigenvalue weighted by Gasteiger charge is 2.17. The topological polar surface area (TPSA) is 71.1 Å². The van der Waals surface area contributed by atoms with E-state index in [1.807, 2.05) is 36.4 Å². The molecule has 0 heterocycles. The van der Waals surface area contributed by atoms with Crippen LogP contribution in [-0.4, -0.2) is 37.4 Å². The summed E-state index contributed by atoms with van der Waals surface area (Å²) in [4.78, 5) is 23.5. The molecule has 196 valence electrons. The summed E-state index contributed by atoms with van der Waals surface area (Å²) < 4.78 is 23.2. The molecule has 0 saturated carbocycles. The lowest BCUT2D eigenvalue weighted by Gasteiger charge is -2.20. The Balaban J connectivity index is 2.13. The molecule has 2 rings (SSSR count). The van der Waals surface area contributed by atoms with Crippen molar-refractivity contribution in [3.8, 4) is 11.5 Å². The number of carbonyl (C=O) groups excluding carboxylic acids is 2. The number of esters is 2. The standard InChI is InChI=1S/C30H40O6/c1-5-9-11-15-23(35-29(31)7-3)21-33-27-19-13-18-26-25(27)17-14-20-28(26)34-22-24(16-12-10-6-2)36-30(32)8-4/h7-8,13-14,17-20,23-24H,3-6,9-12,15-16,21-22H2,1-2H3. The fraction of sp³-hybridized carbons (Fsp3) is 0.467. The van der Waals surface area contributed by atoms with E-state index in [1.165, 1.54) is 12.2 Å². The quantitative estimate of drug-likeness (QED) is 0.126. The van der Waals surface area contributed by atoms with Crippen LogP contribution in [0.25, 0.3) is 10.8 Å². The third-order valence-electron chi connectivity index (χ3n) is 5.85. The molecule has 2 aromatic rings. The molecule has 0 aromatic heterocycles. The Hall–Kier alpha value is -3.28. The number of rotatable bonds is 18. The molecule has 0 spiro atoms. The van der Waals surface area contributed by atoms with Crippen molar-refractivity contribution in [3.63, 3.8) is 0 Å². The molecule has 0 N–H and O–H groups in total. The van der Waals surface area contributed by atoms with E-state index in [4.69, 9.17) is 18.9 Å². The van der Waals surface area contributed by atoms with E-state index in [9.17, 15) is 9.59 Å². The molecule has 2 atom stereocenters. The molecule has 0 amide bonds. The Labute approximate surface area is 215 Å². The third kappa shape index (κ3) is 9.76. The van der Waals surface area contributed by atoms with Crippen molar-refractivity contribution in [2.45, 2.75) is 77.4 Å². The number of fused-ring (bicyclic) bond motifs is 1. The summed E-state index contributed by atoms with van der Waals surface area (Å²) in [6.07, 6.45) is 9.34. The molecule has 2 aromatic carbocycles. The van der Waals surface area contributed by atoms with Crippen molar-refractivity contribution in [1.82, 2.24) is 0 Å². The largest absolute Gasteiger partial charge is 0.489 e. The van der Waals surface area contributed by atoms with Gasteiger partial charge in [-0.05, 0) is 37.8 Å². The molecular formula is C30H40O6. The first-order valence-corrected chi connectivity index (χ1v) is 13.0. The van der Waals surface area contributed by atoms with Gasteiger partial charge in [-0.2, -0.15) is 0 Å². The zero-order valence-electron chi connectivity index (χ0n) is 21.7. The Morgan fingerprint density at radius 1 is 0.722 bits per heavy atom. The summed E-state index contributed by atoms with van der Waals surface area (Å²) in [5.41, 5.74) is 0. The van der Waals surface area contributed by atoms with Crippen LogP contribution in [0, 0.1) is 0 Å². The fourth-order valence-electron chi connectivity index (χ4n) is 3.89. The highest BCUT2D eigenvalue weighted by atomic mass is 16.6. The van der Waals surface area contributed by atoms with Gasteiger partial charge in [0, 0.05) is 22.9 Å². The van der Waals surface area contributed by atoms with Gasteiger partial charge < -0.3 is 18.9 Å². The van der Waals surface area contributed by atoms with Gasteiger partial charge in [0.1, 0.15) is 36.9 Å². The number of carbonyl (C=O) groups is 2. The Kier molecular flexibility index (Phi) is 13.2. The average molecular weight is 497 g/mol. The second-order valence-electron chi connectivity index (χ2n) is 8.75. The molecule has 6 heteroatoms. The maximum absolute atomic E-state index is 11.8. The van der Waals surface area contributed by atoms with E-state index in [0.717, 1.165) is 62.1 Å². The lowest BCUT2D eigenvalue weighted by atomic mass is 10.1. The number of benzene rings is 2. The zero-order chi connectivity index (χ0) is 26.2. The highest BCUT2D eigenvalue weighted by molar-refractivity contribution is 5.93. The van der Waals surface area contributed by atoms with Crippen LogP contribution >= 0.6 is 0 Å². The van der Waals surface area contributed by atoms with Crippen LogP contribution in [0.1, 0.15) is 65.2 Å². The van der Waals surface area contributed by atoms with Crippen LogP contribution in [0.15, 0.2) is 61.7 Å². The number of hydrogen-bond donors (Lipinski definition) is 0. The van der Waals surface area contributed by atoms with E-state index >= 15 is 0 Å². The Morgan fingerprint density at radius 2 is 1.14 bits per heavy atom. The molecule has 0 aliphatic carbocycles. The minimum atomic E-state index is -0.445. The van der Waals surface area contributed by atoms with Gasteiger partial charge in [-0.25, -0.2) is 9.59 Å². The van der Waals surface area contributed by atoms with Gasteiger partial charge in [0.25, 0.3) is 0 Å². The highest BCUT2D eigenvalue weighted by Crippen LogP contribution is 2.32. The van der Waals surface area contributed by atoms with Crippen LogP contribution in [-0.2, 0) is 19.1 Å². The van der Waals surface area contributed by atoms with Crippen LogP contribution in [0.2, 0.25) is 0 Å². The molecule has 36 heavy (non-hydrogen) atoms. The summed E-state index contributed by atoms with van der Waals surface area (Å²) in [5, 5.41) is 1.78. The number of hydrogen-bond acceptors (Lipinski definition) is 6. The van der Waals surface area contributed by atoms with Crippen LogP contribution in [0.5, 0.6) is 11.5 Å². The van der Waals surface area contributed by atoms with Crippen molar-refractivity contribution in [3.05, 3.63) is 61.7 Å². The molecule has 0 aliphatic rings. The zero-order valence-corrected chi connectivity index (χ0v) is 21.7. The normalized spacial score (nSPS) is 12.4. The molecular weight excluding hydrogens is 456 g/mol. The first-order chi connectivity index (χ1) is 17.5. The van der Waals surface area contributed by atoms with Crippen molar-refractivity contribution < 1.29 is 28.5 Å².